The Morgan fingerprint density at radius 3 is 2.67 bits per heavy atom. The molecule has 1 rings (SSSR count). The summed E-state index contributed by atoms with van der Waals surface area (Å²) in [7, 11) is 0. The van der Waals surface area contributed by atoms with Crippen LogP contribution in [0.25, 0.3) is 0 Å². The van der Waals surface area contributed by atoms with Gasteiger partial charge in [-0.15, -0.1) is 0 Å². The minimum Gasteiger partial charge on any atom is -0.444 e. The number of aromatic nitrogens is 1. The molecule has 0 radical (unpaired) electrons. The predicted octanol–water partition coefficient (Wildman–Crippen LogP) is 2.64. The largest absolute Gasteiger partial charge is 0.444 e. The monoisotopic (exact) mass is 295 g/mol. The van der Waals surface area contributed by atoms with Crippen molar-refractivity contribution in [2.24, 2.45) is 17.1 Å². The van der Waals surface area contributed by atoms with Gasteiger partial charge in [0.15, 0.2) is 0 Å². The van der Waals surface area contributed by atoms with E-state index in [0.29, 0.717) is 31.3 Å². The van der Waals surface area contributed by atoms with Crippen LogP contribution in [0, 0.1) is 11.3 Å². The molecule has 0 aromatic carbocycles. The first-order chi connectivity index (χ1) is 9.86. The molecule has 120 valence electrons. The Morgan fingerprint density at radius 1 is 1.43 bits per heavy atom. The molecule has 3 N–H and O–H groups in total. The van der Waals surface area contributed by atoms with Crippen molar-refractivity contribution >= 4 is 5.91 Å². The first-order valence-electron chi connectivity index (χ1n) is 7.77. The van der Waals surface area contributed by atoms with Gasteiger partial charge < -0.3 is 15.5 Å². The summed E-state index contributed by atoms with van der Waals surface area (Å²) in [5, 5.41) is 2.86. The molecule has 1 atom stereocenters. The molecule has 0 aliphatic carbocycles. The SMILES string of the molecule is CCc1cnc(CNC(=O)CCC(CCN)C(C)(C)C)o1. The van der Waals surface area contributed by atoms with E-state index in [2.05, 4.69) is 31.1 Å². The van der Waals surface area contributed by atoms with Crippen LogP contribution >= 0.6 is 0 Å². The Labute approximate surface area is 127 Å². The highest BCUT2D eigenvalue weighted by Crippen LogP contribution is 2.31. The molecule has 1 unspecified atom stereocenters. The maximum atomic E-state index is 11.9. The summed E-state index contributed by atoms with van der Waals surface area (Å²) in [6, 6.07) is 0. The van der Waals surface area contributed by atoms with Crippen LogP contribution in [0.3, 0.4) is 0 Å². The molecule has 0 saturated carbocycles. The molecule has 5 nitrogen and oxygen atoms in total. The molecule has 0 saturated heterocycles. The average molecular weight is 295 g/mol. The van der Waals surface area contributed by atoms with Crippen LogP contribution in [0.2, 0.25) is 0 Å². The second kappa shape index (κ2) is 8.17. The van der Waals surface area contributed by atoms with Crippen LogP contribution in [0.5, 0.6) is 0 Å². The lowest BCUT2D eigenvalue weighted by Gasteiger charge is -2.30. The highest BCUT2D eigenvalue weighted by molar-refractivity contribution is 5.75. The quantitative estimate of drug-likeness (QED) is 0.772. The number of amides is 1. The Bertz CT molecular complexity index is 435. The van der Waals surface area contributed by atoms with Crippen molar-refractivity contribution in [3.63, 3.8) is 0 Å². The number of nitrogens with zero attached hydrogens (tertiary/aromatic N) is 1. The molecule has 0 aliphatic rings. The van der Waals surface area contributed by atoms with E-state index in [1.165, 1.54) is 0 Å². The summed E-state index contributed by atoms with van der Waals surface area (Å²) in [4.78, 5) is 16.0. The third kappa shape index (κ3) is 6.29. The van der Waals surface area contributed by atoms with Gasteiger partial charge in [0.1, 0.15) is 5.76 Å². The van der Waals surface area contributed by atoms with Gasteiger partial charge in [-0.25, -0.2) is 4.98 Å². The summed E-state index contributed by atoms with van der Waals surface area (Å²) < 4.78 is 5.46. The summed E-state index contributed by atoms with van der Waals surface area (Å²) in [5.41, 5.74) is 5.84. The molecule has 5 heteroatoms. The van der Waals surface area contributed by atoms with Crippen molar-refractivity contribution < 1.29 is 9.21 Å². The van der Waals surface area contributed by atoms with Crippen LogP contribution in [-0.4, -0.2) is 17.4 Å². The molecule has 1 aromatic rings. The number of carbonyl (C=O) groups is 1. The number of nitrogens with one attached hydrogen (secondary N) is 1. The zero-order valence-electron chi connectivity index (χ0n) is 13.7. The van der Waals surface area contributed by atoms with Gasteiger partial charge in [0.05, 0.1) is 12.7 Å². The highest BCUT2D eigenvalue weighted by Gasteiger charge is 2.24. The van der Waals surface area contributed by atoms with E-state index in [1.54, 1.807) is 6.20 Å². The van der Waals surface area contributed by atoms with Crippen molar-refractivity contribution in [1.82, 2.24) is 10.3 Å². The van der Waals surface area contributed by atoms with E-state index in [-0.39, 0.29) is 11.3 Å². The molecule has 21 heavy (non-hydrogen) atoms. The fourth-order valence-corrected chi connectivity index (χ4v) is 2.37. The average Bonchev–Trinajstić information content (AvgIpc) is 2.87. The van der Waals surface area contributed by atoms with Gasteiger partial charge in [0.2, 0.25) is 11.8 Å². The maximum Gasteiger partial charge on any atom is 0.220 e. The van der Waals surface area contributed by atoms with Gasteiger partial charge in [-0.1, -0.05) is 27.7 Å². The van der Waals surface area contributed by atoms with Crippen LogP contribution in [0.15, 0.2) is 10.6 Å². The molecule has 0 aliphatic heterocycles. The maximum absolute atomic E-state index is 11.9. The number of aryl methyl sites for hydroxylation is 1. The van der Waals surface area contributed by atoms with E-state index < -0.39 is 0 Å². The van der Waals surface area contributed by atoms with Gasteiger partial charge >= 0.3 is 0 Å². The second-order valence-electron chi connectivity index (χ2n) is 6.53. The third-order valence-electron chi connectivity index (χ3n) is 3.85. The van der Waals surface area contributed by atoms with Crippen molar-refractivity contribution in [3.8, 4) is 0 Å². The molecule has 1 heterocycles. The summed E-state index contributed by atoms with van der Waals surface area (Å²) in [6.45, 7) is 9.63. The smallest absolute Gasteiger partial charge is 0.220 e. The molecule has 0 bridgehead atoms. The zero-order valence-corrected chi connectivity index (χ0v) is 13.7. The molecule has 0 fully saturated rings. The number of oxazole rings is 1. The predicted molar refractivity (Wildman–Crippen MR) is 83.6 cm³/mol. The molecular formula is C16H29N3O2. The second-order valence-corrected chi connectivity index (χ2v) is 6.53. The standard InChI is InChI=1S/C16H29N3O2/c1-5-13-10-19-15(21-13)11-18-14(20)7-6-12(8-9-17)16(2,3)4/h10,12H,5-9,11,17H2,1-4H3,(H,18,20). The Kier molecular flexibility index (Phi) is 6.89. The fourth-order valence-electron chi connectivity index (χ4n) is 2.37. The molecular weight excluding hydrogens is 266 g/mol. The summed E-state index contributed by atoms with van der Waals surface area (Å²) in [6.07, 6.45) is 4.85. The number of hydrogen-bond donors (Lipinski definition) is 2. The van der Waals surface area contributed by atoms with Gasteiger partial charge in [0, 0.05) is 12.8 Å². The topological polar surface area (TPSA) is 81.2 Å². The summed E-state index contributed by atoms with van der Waals surface area (Å²) >= 11 is 0. The van der Waals surface area contributed by atoms with Crippen LogP contribution in [0.1, 0.15) is 58.6 Å². The summed E-state index contributed by atoms with van der Waals surface area (Å²) in [5.74, 6) is 1.91. The number of rotatable bonds is 8. The fraction of sp³-hybridized carbons (Fsp3) is 0.750. The highest BCUT2D eigenvalue weighted by atomic mass is 16.4. The van der Waals surface area contributed by atoms with Crippen LogP contribution < -0.4 is 11.1 Å². The minimum atomic E-state index is 0.0394. The van der Waals surface area contributed by atoms with E-state index in [1.807, 2.05) is 6.92 Å². The number of nitrogens with two attached hydrogens (primary N) is 1. The Hall–Kier alpha value is -1.36. The van der Waals surface area contributed by atoms with Crippen molar-refractivity contribution in [2.75, 3.05) is 6.54 Å². The van der Waals surface area contributed by atoms with Crippen molar-refractivity contribution in [1.29, 1.82) is 0 Å². The lowest BCUT2D eigenvalue weighted by Crippen LogP contribution is -2.27. The van der Waals surface area contributed by atoms with Gasteiger partial charge in [-0.2, -0.15) is 0 Å². The van der Waals surface area contributed by atoms with E-state index in [9.17, 15) is 4.79 Å². The van der Waals surface area contributed by atoms with Crippen molar-refractivity contribution in [3.05, 3.63) is 17.8 Å². The first-order valence-corrected chi connectivity index (χ1v) is 7.77. The lowest BCUT2D eigenvalue weighted by atomic mass is 9.76. The minimum absolute atomic E-state index is 0.0394. The van der Waals surface area contributed by atoms with Crippen molar-refractivity contribution in [2.45, 2.75) is 59.9 Å². The molecule has 1 aromatic heterocycles. The number of carbonyl (C=O) groups excluding carboxylic acids is 1. The molecule has 0 spiro atoms. The van der Waals surface area contributed by atoms with Crippen LogP contribution in [-0.2, 0) is 17.8 Å². The van der Waals surface area contributed by atoms with Gasteiger partial charge in [0.25, 0.3) is 0 Å². The first kappa shape index (κ1) is 17.7. The third-order valence-corrected chi connectivity index (χ3v) is 3.85. The Morgan fingerprint density at radius 2 is 2.14 bits per heavy atom. The normalized spacial score (nSPS) is 13.2. The van der Waals surface area contributed by atoms with E-state index in [0.717, 1.165) is 25.0 Å². The van der Waals surface area contributed by atoms with E-state index in [4.69, 9.17) is 10.2 Å². The molecule has 1 amide bonds. The van der Waals surface area contributed by atoms with Gasteiger partial charge in [-0.3, -0.25) is 4.79 Å². The lowest BCUT2D eigenvalue weighted by molar-refractivity contribution is -0.121. The Balaban J connectivity index is 2.35. The van der Waals surface area contributed by atoms with Crippen LogP contribution in [0.4, 0.5) is 0 Å². The zero-order chi connectivity index (χ0) is 15.9. The van der Waals surface area contributed by atoms with Gasteiger partial charge in [-0.05, 0) is 30.7 Å². The number of hydrogen-bond acceptors (Lipinski definition) is 4. The van der Waals surface area contributed by atoms with E-state index >= 15 is 0 Å².